The molecular formula is C19H22ClN2O2+. The van der Waals surface area contributed by atoms with Crippen molar-refractivity contribution >= 4 is 23.2 Å². The fourth-order valence-corrected chi connectivity index (χ4v) is 3.55. The number of nitrogens with one attached hydrogen (secondary N) is 2. The van der Waals surface area contributed by atoms with Crippen LogP contribution in [0.3, 0.4) is 0 Å². The lowest BCUT2D eigenvalue weighted by atomic mass is 10.0. The van der Waals surface area contributed by atoms with E-state index < -0.39 is 0 Å². The van der Waals surface area contributed by atoms with Crippen LogP contribution in [-0.2, 0) is 4.79 Å². The maximum atomic E-state index is 13.0. The molecule has 1 saturated heterocycles. The lowest BCUT2D eigenvalue weighted by Gasteiger charge is -2.24. The molecule has 4 nitrogen and oxygen atoms in total. The second-order valence-electron chi connectivity index (χ2n) is 6.05. The molecule has 0 radical (unpaired) electrons. The zero-order valence-corrected chi connectivity index (χ0v) is 14.5. The van der Waals surface area contributed by atoms with Crippen LogP contribution in [-0.4, -0.2) is 26.1 Å². The molecule has 0 unspecified atom stereocenters. The fourth-order valence-electron chi connectivity index (χ4n) is 3.29. The summed E-state index contributed by atoms with van der Waals surface area (Å²) in [6, 6.07) is 15.1. The molecule has 1 aliphatic heterocycles. The van der Waals surface area contributed by atoms with Crippen molar-refractivity contribution in [3.8, 4) is 5.75 Å². The van der Waals surface area contributed by atoms with Crippen LogP contribution in [0.15, 0.2) is 48.5 Å². The van der Waals surface area contributed by atoms with Crippen LogP contribution < -0.4 is 15.0 Å². The molecule has 0 saturated carbocycles. The van der Waals surface area contributed by atoms with Gasteiger partial charge in [-0.1, -0.05) is 41.9 Å². The van der Waals surface area contributed by atoms with E-state index in [9.17, 15) is 4.79 Å². The van der Waals surface area contributed by atoms with Crippen molar-refractivity contribution in [3.05, 3.63) is 59.1 Å². The molecule has 126 valence electrons. The van der Waals surface area contributed by atoms with Crippen molar-refractivity contribution < 1.29 is 14.4 Å². The molecule has 1 aliphatic rings. The average molecular weight is 346 g/mol. The van der Waals surface area contributed by atoms with Crippen molar-refractivity contribution in [2.45, 2.75) is 18.9 Å². The van der Waals surface area contributed by atoms with E-state index in [0.717, 1.165) is 18.7 Å². The predicted octanol–water partition coefficient (Wildman–Crippen LogP) is 2.71. The van der Waals surface area contributed by atoms with Crippen LogP contribution in [0.25, 0.3) is 0 Å². The van der Waals surface area contributed by atoms with Crippen molar-refractivity contribution in [2.24, 2.45) is 0 Å². The van der Waals surface area contributed by atoms with Crippen LogP contribution >= 0.6 is 11.6 Å². The number of quaternary nitrogens is 1. The summed E-state index contributed by atoms with van der Waals surface area (Å²) in [5.41, 5.74) is 1.73. The zero-order valence-electron chi connectivity index (χ0n) is 13.7. The summed E-state index contributed by atoms with van der Waals surface area (Å²) >= 11 is 6.16. The number of anilines is 1. The molecule has 24 heavy (non-hydrogen) atoms. The van der Waals surface area contributed by atoms with Crippen LogP contribution in [0.2, 0.25) is 5.02 Å². The lowest BCUT2D eigenvalue weighted by Crippen LogP contribution is -3.11. The molecule has 0 aromatic heterocycles. The highest BCUT2D eigenvalue weighted by molar-refractivity contribution is 6.32. The molecule has 2 aromatic rings. The third-order valence-electron chi connectivity index (χ3n) is 4.47. The van der Waals surface area contributed by atoms with E-state index in [1.165, 1.54) is 17.7 Å². The summed E-state index contributed by atoms with van der Waals surface area (Å²) in [7, 11) is 1.57. The summed E-state index contributed by atoms with van der Waals surface area (Å²) in [4.78, 5) is 14.3. The van der Waals surface area contributed by atoms with Gasteiger partial charge in [-0.3, -0.25) is 4.79 Å². The number of amides is 1. The quantitative estimate of drug-likeness (QED) is 0.875. The SMILES string of the molecule is COc1ccc(NC(=O)[C@H](c2ccccc2)[NH+]2CCCC2)cc1Cl. The van der Waals surface area contributed by atoms with Gasteiger partial charge in [-0.05, 0) is 18.2 Å². The number of carbonyl (C=O) groups excluding carboxylic acids is 1. The van der Waals surface area contributed by atoms with Gasteiger partial charge in [-0.15, -0.1) is 0 Å². The Morgan fingerprint density at radius 2 is 1.88 bits per heavy atom. The summed E-state index contributed by atoms with van der Waals surface area (Å²) in [6.45, 7) is 2.05. The summed E-state index contributed by atoms with van der Waals surface area (Å²) < 4.78 is 5.15. The molecule has 0 bridgehead atoms. The molecule has 1 fully saturated rings. The van der Waals surface area contributed by atoms with Gasteiger partial charge >= 0.3 is 0 Å². The highest BCUT2D eigenvalue weighted by atomic mass is 35.5. The normalized spacial score (nSPS) is 15.9. The Morgan fingerprint density at radius 1 is 1.17 bits per heavy atom. The number of hydrogen-bond donors (Lipinski definition) is 2. The molecule has 1 amide bonds. The highest BCUT2D eigenvalue weighted by Crippen LogP contribution is 2.27. The van der Waals surface area contributed by atoms with E-state index in [2.05, 4.69) is 5.32 Å². The Balaban J connectivity index is 1.82. The fraction of sp³-hybridized carbons (Fsp3) is 0.316. The van der Waals surface area contributed by atoms with Crippen LogP contribution in [0.5, 0.6) is 5.75 Å². The minimum Gasteiger partial charge on any atom is -0.495 e. The number of methoxy groups -OCH3 is 1. The van der Waals surface area contributed by atoms with E-state index in [4.69, 9.17) is 16.3 Å². The second kappa shape index (κ2) is 7.69. The summed E-state index contributed by atoms with van der Waals surface area (Å²) in [5.74, 6) is 0.596. The van der Waals surface area contributed by atoms with Gasteiger partial charge in [-0.25, -0.2) is 0 Å². The van der Waals surface area contributed by atoms with E-state index in [0.29, 0.717) is 16.5 Å². The monoisotopic (exact) mass is 345 g/mol. The number of ether oxygens (including phenoxy) is 1. The molecule has 3 rings (SSSR count). The Hall–Kier alpha value is -2.04. The summed E-state index contributed by atoms with van der Waals surface area (Å²) in [5, 5.41) is 3.50. The minimum atomic E-state index is -0.199. The van der Waals surface area contributed by atoms with Crippen molar-refractivity contribution in [2.75, 3.05) is 25.5 Å². The maximum absolute atomic E-state index is 13.0. The van der Waals surface area contributed by atoms with Crippen molar-refractivity contribution in [1.82, 2.24) is 0 Å². The molecule has 5 heteroatoms. The minimum absolute atomic E-state index is 0.000617. The van der Waals surface area contributed by atoms with Gasteiger partial charge in [0.05, 0.1) is 25.2 Å². The Bertz CT molecular complexity index is 700. The first-order valence-corrected chi connectivity index (χ1v) is 8.61. The van der Waals surface area contributed by atoms with E-state index >= 15 is 0 Å². The first-order chi connectivity index (χ1) is 11.7. The first-order valence-electron chi connectivity index (χ1n) is 8.23. The molecule has 0 aliphatic carbocycles. The number of benzene rings is 2. The van der Waals surface area contributed by atoms with Gasteiger partial charge < -0.3 is 15.0 Å². The van der Waals surface area contributed by atoms with Gasteiger partial charge in [0.2, 0.25) is 0 Å². The number of halogens is 1. The molecule has 2 N–H and O–H groups in total. The molecular weight excluding hydrogens is 324 g/mol. The van der Waals surface area contributed by atoms with Crippen molar-refractivity contribution in [3.63, 3.8) is 0 Å². The van der Waals surface area contributed by atoms with Crippen LogP contribution in [0.1, 0.15) is 24.4 Å². The Kier molecular flexibility index (Phi) is 5.38. The molecule has 1 atom stereocenters. The first kappa shape index (κ1) is 16.8. The zero-order chi connectivity index (χ0) is 16.9. The molecule has 0 spiro atoms. The highest BCUT2D eigenvalue weighted by Gasteiger charge is 2.33. The van der Waals surface area contributed by atoms with E-state index in [1.54, 1.807) is 19.2 Å². The number of likely N-dealkylation sites (tertiary alicyclic amines) is 1. The predicted molar refractivity (Wildman–Crippen MR) is 95.7 cm³/mol. The van der Waals surface area contributed by atoms with Crippen LogP contribution in [0.4, 0.5) is 5.69 Å². The smallest absolute Gasteiger partial charge is 0.287 e. The van der Waals surface area contributed by atoms with E-state index in [1.807, 2.05) is 36.4 Å². The third kappa shape index (κ3) is 3.71. The Labute approximate surface area is 147 Å². The van der Waals surface area contributed by atoms with Crippen LogP contribution in [0, 0.1) is 0 Å². The maximum Gasteiger partial charge on any atom is 0.287 e. The van der Waals surface area contributed by atoms with Crippen molar-refractivity contribution in [1.29, 1.82) is 0 Å². The number of rotatable bonds is 5. The van der Waals surface area contributed by atoms with Gasteiger partial charge in [-0.2, -0.15) is 0 Å². The van der Waals surface area contributed by atoms with Gasteiger partial charge in [0, 0.05) is 24.1 Å². The topological polar surface area (TPSA) is 42.8 Å². The molecule has 2 aromatic carbocycles. The third-order valence-corrected chi connectivity index (χ3v) is 4.76. The van der Waals surface area contributed by atoms with Gasteiger partial charge in [0.1, 0.15) is 5.75 Å². The Morgan fingerprint density at radius 3 is 2.50 bits per heavy atom. The average Bonchev–Trinajstić information content (AvgIpc) is 3.10. The van der Waals surface area contributed by atoms with Gasteiger partial charge in [0.25, 0.3) is 5.91 Å². The standard InChI is InChI=1S/C19H21ClN2O2/c1-24-17-10-9-15(13-16(17)20)21-19(23)18(22-11-5-6-12-22)14-7-3-2-4-8-14/h2-4,7-10,13,18H,5-6,11-12H2,1H3,(H,21,23)/p+1/t18-/m0/s1. The second-order valence-corrected chi connectivity index (χ2v) is 6.45. The number of carbonyl (C=O) groups is 1. The molecule has 1 heterocycles. The van der Waals surface area contributed by atoms with E-state index in [-0.39, 0.29) is 11.9 Å². The summed E-state index contributed by atoms with van der Waals surface area (Å²) in [6.07, 6.45) is 2.33. The lowest BCUT2D eigenvalue weighted by molar-refractivity contribution is -0.909. The largest absolute Gasteiger partial charge is 0.495 e. The number of hydrogen-bond acceptors (Lipinski definition) is 2. The van der Waals surface area contributed by atoms with Gasteiger partial charge in [0.15, 0.2) is 6.04 Å².